The molecule has 0 atom stereocenters. The van der Waals surface area contributed by atoms with E-state index in [9.17, 15) is 9.59 Å². The molecule has 4 aromatic rings. The van der Waals surface area contributed by atoms with Gasteiger partial charge in [-0.15, -0.1) is 0 Å². The molecule has 0 fully saturated rings. The van der Waals surface area contributed by atoms with Crippen LogP contribution in [0.3, 0.4) is 0 Å². The van der Waals surface area contributed by atoms with Crippen molar-refractivity contribution in [3.63, 3.8) is 0 Å². The zero-order chi connectivity index (χ0) is 20.4. The van der Waals surface area contributed by atoms with Crippen molar-refractivity contribution in [2.75, 3.05) is 0 Å². The molecule has 2 aromatic heterocycles. The fourth-order valence-electron chi connectivity index (χ4n) is 2.80. The number of carbonyl (C=O) groups is 1. The van der Waals surface area contributed by atoms with Crippen LogP contribution >= 0.6 is 11.6 Å². The molecule has 0 aliphatic rings. The second-order valence-electron chi connectivity index (χ2n) is 6.18. The number of ether oxygens (including phenoxy) is 1. The minimum atomic E-state index is -0.648. The third kappa shape index (κ3) is 3.79. The van der Waals surface area contributed by atoms with Crippen LogP contribution in [0, 0.1) is 0 Å². The lowest BCUT2D eigenvalue weighted by Crippen LogP contribution is -2.33. The Hall–Kier alpha value is -3.77. The summed E-state index contributed by atoms with van der Waals surface area (Å²) in [5.74, 6) is -0.381. The van der Waals surface area contributed by atoms with Crippen LogP contribution in [0.15, 0.2) is 76.1 Å². The van der Waals surface area contributed by atoms with Gasteiger partial charge in [0, 0.05) is 0 Å². The van der Waals surface area contributed by atoms with Crippen LogP contribution < -0.4 is 20.9 Å². The van der Waals surface area contributed by atoms with Crippen molar-refractivity contribution >= 4 is 30.2 Å². The number of para-hydroxylation sites is 1. The molecule has 1 N–H and O–H groups in total. The maximum Gasteiger partial charge on any atom is 0.379 e. The molecule has 0 spiro atoms. The molecule has 0 saturated heterocycles. The lowest BCUT2D eigenvalue weighted by atomic mass is 10.2. The van der Waals surface area contributed by atoms with Gasteiger partial charge in [-0.2, -0.15) is 0 Å². The van der Waals surface area contributed by atoms with Crippen molar-refractivity contribution < 1.29 is 13.9 Å². The second-order valence-corrected chi connectivity index (χ2v) is 6.59. The SMILES string of the molecule is C=c1[nH]n(-c2ccccc2)c(=O)/c1=C\c1ccc(OC(=O)c2ccco2)c(Cl)c1. The molecule has 0 saturated carbocycles. The third-order valence-corrected chi connectivity index (χ3v) is 4.51. The van der Waals surface area contributed by atoms with Crippen molar-refractivity contribution in [1.29, 1.82) is 0 Å². The van der Waals surface area contributed by atoms with Crippen LogP contribution in [0.1, 0.15) is 16.1 Å². The first kappa shape index (κ1) is 18.6. The molecule has 144 valence electrons. The van der Waals surface area contributed by atoms with E-state index < -0.39 is 5.97 Å². The van der Waals surface area contributed by atoms with E-state index in [4.69, 9.17) is 20.8 Å². The number of esters is 1. The molecular formula is C22H15ClN2O4. The predicted molar refractivity (Wildman–Crippen MR) is 110 cm³/mol. The Morgan fingerprint density at radius 1 is 1.14 bits per heavy atom. The molecule has 6 nitrogen and oxygen atoms in total. The summed E-state index contributed by atoms with van der Waals surface area (Å²) in [4.78, 5) is 24.8. The maximum absolute atomic E-state index is 12.8. The van der Waals surface area contributed by atoms with Crippen LogP contribution in [0.25, 0.3) is 18.3 Å². The van der Waals surface area contributed by atoms with Gasteiger partial charge in [-0.05, 0) is 48.0 Å². The van der Waals surface area contributed by atoms with Crippen LogP contribution in [-0.2, 0) is 0 Å². The first-order valence-corrected chi connectivity index (χ1v) is 9.03. The van der Waals surface area contributed by atoms with E-state index in [-0.39, 0.29) is 22.1 Å². The first-order chi connectivity index (χ1) is 14.0. The highest BCUT2D eigenvalue weighted by atomic mass is 35.5. The molecule has 0 radical (unpaired) electrons. The van der Waals surface area contributed by atoms with Gasteiger partial charge in [0.25, 0.3) is 5.56 Å². The van der Waals surface area contributed by atoms with Crippen LogP contribution in [0.2, 0.25) is 5.02 Å². The zero-order valence-corrected chi connectivity index (χ0v) is 15.8. The number of nitrogens with zero attached hydrogens (tertiary/aromatic N) is 1. The molecule has 0 unspecified atom stereocenters. The number of hydrogen-bond donors (Lipinski definition) is 1. The normalized spacial score (nSPS) is 11.6. The van der Waals surface area contributed by atoms with E-state index in [0.29, 0.717) is 21.8 Å². The summed E-state index contributed by atoms with van der Waals surface area (Å²) in [5, 5.41) is 4.07. The van der Waals surface area contributed by atoms with Crippen LogP contribution in [0.5, 0.6) is 5.75 Å². The number of carbonyl (C=O) groups excluding carboxylic acids is 1. The summed E-state index contributed by atoms with van der Waals surface area (Å²) in [6.07, 6.45) is 3.05. The number of benzene rings is 2. The Bertz CT molecular complexity index is 1340. The lowest BCUT2D eigenvalue weighted by Gasteiger charge is -2.05. The van der Waals surface area contributed by atoms with Gasteiger partial charge in [-0.1, -0.05) is 42.4 Å². The van der Waals surface area contributed by atoms with Gasteiger partial charge in [-0.3, -0.25) is 9.89 Å². The third-order valence-electron chi connectivity index (χ3n) is 4.21. The maximum atomic E-state index is 12.8. The Balaban J connectivity index is 1.67. The first-order valence-electron chi connectivity index (χ1n) is 8.65. The van der Waals surface area contributed by atoms with E-state index in [1.54, 1.807) is 30.3 Å². The number of halogens is 1. The average molecular weight is 407 g/mol. The Kier molecular flexibility index (Phi) is 4.93. The van der Waals surface area contributed by atoms with Crippen molar-refractivity contribution in [3.05, 3.63) is 104 Å². The van der Waals surface area contributed by atoms with E-state index in [2.05, 4.69) is 11.7 Å². The second kappa shape index (κ2) is 7.69. The molecule has 0 bridgehead atoms. The van der Waals surface area contributed by atoms with Gasteiger partial charge in [-0.25, -0.2) is 9.48 Å². The van der Waals surface area contributed by atoms with Crippen molar-refractivity contribution in [2.24, 2.45) is 0 Å². The highest BCUT2D eigenvalue weighted by molar-refractivity contribution is 6.32. The fourth-order valence-corrected chi connectivity index (χ4v) is 3.03. The number of furan rings is 1. The van der Waals surface area contributed by atoms with Gasteiger partial charge in [0.2, 0.25) is 5.76 Å². The molecule has 0 aliphatic carbocycles. The van der Waals surface area contributed by atoms with E-state index in [1.165, 1.54) is 17.0 Å². The molecule has 0 aliphatic heterocycles. The summed E-state index contributed by atoms with van der Waals surface area (Å²) >= 11 is 6.25. The number of H-pyrrole nitrogens is 1. The molecule has 2 heterocycles. The molecule has 2 aromatic carbocycles. The quantitative estimate of drug-likeness (QED) is 0.417. The van der Waals surface area contributed by atoms with Crippen molar-refractivity contribution in [3.8, 4) is 11.4 Å². The monoisotopic (exact) mass is 406 g/mol. The summed E-state index contributed by atoms with van der Waals surface area (Å²) in [7, 11) is 0. The van der Waals surface area contributed by atoms with Gasteiger partial charge < -0.3 is 9.15 Å². The van der Waals surface area contributed by atoms with Crippen molar-refractivity contribution in [2.45, 2.75) is 0 Å². The van der Waals surface area contributed by atoms with E-state index in [0.717, 1.165) is 0 Å². The zero-order valence-electron chi connectivity index (χ0n) is 15.1. The van der Waals surface area contributed by atoms with Gasteiger partial charge in [0.1, 0.15) is 5.75 Å². The standard InChI is InChI=1S/C22H15ClN2O4/c1-14-17(21(26)25(24-14)16-6-3-2-4-7-16)12-15-9-10-19(18(23)13-15)29-22(27)20-8-5-11-28-20/h2-13,24H,1H2/b17-12-. The summed E-state index contributed by atoms with van der Waals surface area (Å²) in [6.45, 7) is 3.91. The van der Waals surface area contributed by atoms with Gasteiger partial charge >= 0.3 is 5.97 Å². The van der Waals surface area contributed by atoms with E-state index in [1.807, 2.05) is 30.3 Å². The number of nitrogens with one attached hydrogen (secondary N) is 1. The Morgan fingerprint density at radius 3 is 2.62 bits per heavy atom. The summed E-state index contributed by atoms with van der Waals surface area (Å²) in [5.41, 5.74) is 1.14. The predicted octanol–water partition coefficient (Wildman–Crippen LogP) is 2.87. The average Bonchev–Trinajstić information content (AvgIpc) is 3.35. The Labute approximate surface area is 169 Å². The summed E-state index contributed by atoms with van der Waals surface area (Å²) in [6, 6.07) is 17.1. The van der Waals surface area contributed by atoms with Crippen LogP contribution in [0.4, 0.5) is 0 Å². The van der Waals surface area contributed by atoms with Crippen LogP contribution in [-0.4, -0.2) is 15.7 Å². The van der Waals surface area contributed by atoms with Crippen molar-refractivity contribution in [1.82, 2.24) is 9.78 Å². The highest BCUT2D eigenvalue weighted by Gasteiger charge is 2.13. The summed E-state index contributed by atoms with van der Waals surface area (Å²) < 4.78 is 11.7. The number of aromatic amines is 1. The van der Waals surface area contributed by atoms with Gasteiger partial charge in [0.15, 0.2) is 0 Å². The molecule has 4 rings (SSSR count). The number of hydrogen-bond acceptors (Lipinski definition) is 4. The molecule has 0 amide bonds. The highest BCUT2D eigenvalue weighted by Crippen LogP contribution is 2.26. The molecule has 7 heteroatoms. The topological polar surface area (TPSA) is 77.2 Å². The minimum Gasteiger partial charge on any atom is -0.457 e. The lowest BCUT2D eigenvalue weighted by molar-refractivity contribution is 0.0701. The number of rotatable bonds is 4. The van der Waals surface area contributed by atoms with E-state index >= 15 is 0 Å². The fraction of sp³-hybridized carbons (Fsp3) is 0. The van der Waals surface area contributed by atoms with Gasteiger partial charge in [0.05, 0.1) is 27.5 Å². The number of aromatic nitrogens is 2. The molecule has 29 heavy (non-hydrogen) atoms. The Morgan fingerprint density at radius 2 is 1.93 bits per heavy atom. The minimum absolute atomic E-state index is 0.0761. The molecular weight excluding hydrogens is 392 g/mol. The smallest absolute Gasteiger partial charge is 0.379 e. The largest absolute Gasteiger partial charge is 0.457 e.